The average Bonchev–Trinajstić information content (AvgIpc) is 0.722. The smallest absolute Gasteiger partial charge is 0.0777 e. The van der Waals surface area contributed by atoms with Gasteiger partial charge in [-0.1, -0.05) is 0 Å². The molecule has 0 spiro atoms. The van der Waals surface area contributed by atoms with Gasteiger partial charge in [0.15, 0.2) is 0 Å². The molecule has 0 radical (unpaired) electrons. The van der Waals surface area contributed by atoms with Crippen molar-refractivity contribution in [2.24, 2.45) is 0 Å². The van der Waals surface area contributed by atoms with Gasteiger partial charge >= 0.3 is 26.2 Å². The Morgan fingerprint density at radius 3 is 1.17 bits per heavy atom. The summed E-state index contributed by atoms with van der Waals surface area (Å²) in [5.74, 6) is 0. The van der Waals surface area contributed by atoms with Crippen molar-refractivity contribution in [3.8, 4) is 0 Å². The van der Waals surface area contributed by atoms with E-state index < -0.39 is 10.2 Å². The van der Waals surface area contributed by atoms with Crippen LogP contribution in [0.1, 0.15) is 0 Å². The van der Waals surface area contributed by atoms with Crippen LogP contribution in [-0.2, 0) is 0 Å². The van der Waals surface area contributed by atoms with E-state index in [2.05, 4.69) is 0 Å². The van der Waals surface area contributed by atoms with Crippen LogP contribution in [0.5, 0.6) is 0 Å². The molecule has 0 aliphatic carbocycles. The summed E-state index contributed by atoms with van der Waals surface area (Å²) in [7, 11) is -4.69. The second kappa shape index (κ2) is 3.07. The largest absolute Gasteiger partial charge is 0.183 e. The molecule has 0 heterocycles. The van der Waals surface area contributed by atoms with Gasteiger partial charge in [-0.05, 0) is 0 Å². The van der Waals surface area contributed by atoms with E-state index in [1.54, 1.807) is 0 Å². The summed E-state index contributed by atoms with van der Waals surface area (Å²) in [6.45, 7) is 0. The summed E-state index contributed by atoms with van der Waals surface area (Å²) in [6.07, 6.45) is 0. The minimum absolute atomic E-state index is 0. The monoisotopic (exact) mass is 312 g/mol. The van der Waals surface area contributed by atoms with Gasteiger partial charge in [0.1, 0.15) is 0 Å². The molecule has 0 aliphatic heterocycles. The minimum atomic E-state index is -4.69. The molecule has 0 saturated heterocycles. The number of halogens is 1. The second-order valence-electron chi connectivity index (χ2n) is 0.396. The van der Waals surface area contributed by atoms with Gasteiger partial charge in [-0.2, -0.15) is 14.0 Å². The fourth-order valence-electron chi connectivity index (χ4n) is 0. The molecular weight excluding hydrogens is 308 g/mol. The topological polar surface area (TPSA) is 89.4 Å². The van der Waals surface area contributed by atoms with E-state index in [-0.39, 0.29) is 26.2 Å². The molecular formula is H4BiClO4. The van der Waals surface area contributed by atoms with Crippen molar-refractivity contribution >= 4 is 26.2 Å². The first-order valence-electron chi connectivity index (χ1n) is 0.632. The SMILES string of the molecule is [BiH3].[O-][Cl+3]([O-])([O-])O. The normalized spacial score (nSPS) is 10.0. The zero-order chi connectivity index (χ0) is 4.50. The zero-order valence-electron chi connectivity index (χ0n) is 2.76. The van der Waals surface area contributed by atoms with Gasteiger partial charge in [0.05, 0.1) is 14.9 Å². The van der Waals surface area contributed by atoms with Gasteiger partial charge in [-0.25, -0.2) is 0 Å². The molecule has 0 rings (SSSR count). The molecule has 0 aromatic rings. The average molecular weight is 312 g/mol. The van der Waals surface area contributed by atoms with Crippen molar-refractivity contribution in [3.05, 3.63) is 0 Å². The molecule has 0 amide bonds. The molecule has 0 bridgehead atoms. The van der Waals surface area contributed by atoms with Gasteiger partial charge in [-0.3, -0.25) is 0 Å². The summed E-state index contributed by atoms with van der Waals surface area (Å²) >= 11 is 0. The molecule has 0 fully saturated rings. The summed E-state index contributed by atoms with van der Waals surface area (Å²) in [5, 5.41) is 0. The first-order chi connectivity index (χ1) is 2.00. The van der Waals surface area contributed by atoms with Gasteiger partial charge < -0.3 is 0 Å². The molecule has 0 atom stereocenters. The molecule has 4 nitrogen and oxygen atoms in total. The van der Waals surface area contributed by atoms with Crippen LogP contribution in [0.3, 0.4) is 0 Å². The number of rotatable bonds is 0. The van der Waals surface area contributed by atoms with Crippen LogP contribution < -0.4 is 14.0 Å². The fourth-order valence-corrected chi connectivity index (χ4v) is 0. The van der Waals surface area contributed by atoms with Crippen LogP contribution in [0.25, 0.3) is 0 Å². The van der Waals surface area contributed by atoms with Gasteiger partial charge in [0.2, 0.25) is 0 Å². The van der Waals surface area contributed by atoms with Crippen LogP contribution in [-0.4, -0.2) is 30.9 Å². The third-order valence-corrected chi connectivity index (χ3v) is 0. The molecule has 0 saturated carbocycles. The van der Waals surface area contributed by atoms with Gasteiger partial charge in [0.25, 0.3) is 0 Å². The third-order valence-electron chi connectivity index (χ3n) is 0. The number of hydrogen-bond acceptors (Lipinski definition) is 4. The summed E-state index contributed by atoms with van der Waals surface area (Å²) in [6, 6.07) is 0. The molecule has 0 aromatic heterocycles. The Balaban J connectivity index is 0. The second-order valence-corrected chi connectivity index (χ2v) is 1.19. The van der Waals surface area contributed by atoms with Crippen molar-refractivity contribution < 1.29 is 28.9 Å². The summed E-state index contributed by atoms with van der Waals surface area (Å²) in [4.78, 5) is 0. The quantitative estimate of drug-likeness (QED) is 0.453. The molecule has 0 unspecified atom stereocenters. The van der Waals surface area contributed by atoms with Crippen molar-refractivity contribution in [3.63, 3.8) is 0 Å². The molecule has 0 aliphatic rings. The van der Waals surface area contributed by atoms with Crippen molar-refractivity contribution in [2.45, 2.75) is 0 Å². The molecule has 6 heteroatoms. The predicted octanol–water partition coefficient (Wildman–Crippen LogP) is -5.31. The van der Waals surface area contributed by atoms with Crippen LogP contribution in [0.15, 0.2) is 0 Å². The standard InChI is InChI=1S/Bi.ClHO4.3H/c;2-1(3,4)5;;;/h;(H,2,3,4,5);;;. The van der Waals surface area contributed by atoms with E-state index in [1.807, 2.05) is 0 Å². The molecule has 0 aromatic carbocycles. The molecule has 1 N–H and O–H groups in total. The zero-order valence-corrected chi connectivity index (χ0v) is 9.01. The van der Waals surface area contributed by atoms with Crippen LogP contribution in [0, 0.1) is 10.2 Å². The minimum Gasteiger partial charge on any atom is -0.183 e. The van der Waals surface area contributed by atoms with E-state index >= 15 is 0 Å². The van der Waals surface area contributed by atoms with Crippen molar-refractivity contribution in [1.29, 1.82) is 0 Å². The van der Waals surface area contributed by atoms with Crippen molar-refractivity contribution in [2.75, 3.05) is 0 Å². The van der Waals surface area contributed by atoms with E-state index in [0.717, 1.165) is 0 Å². The maximum atomic E-state index is 8.60. The van der Waals surface area contributed by atoms with Crippen LogP contribution in [0.2, 0.25) is 0 Å². The Labute approximate surface area is 55.3 Å². The first kappa shape index (κ1) is 10.1. The Hall–Kier alpha value is 1.01. The van der Waals surface area contributed by atoms with Gasteiger partial charge in [0, 0.05) is 0 Å². The summed E-state index contributed by atoms with van der Waals surface area (Å²) < 4.78 is 32.7. The molecule has 40 valence electrons. The fraction of sp³-hybridized carbons (Fsp3) is 0. The maximum absolute atomic E-state index is 8.60. The van der Waals surface area contributed by atoms with E-state index in [9.17, 15) is 0 Å². The Morgan fingerprint density at radius 2 is 1.17 bits per heavy atom. The van der Waals surface area contributed by atoms with E-state index in [1.165, 1.54) is 0 Å². The Bertz CT molecular complexity index is 23.0. The van der Waals surface area contributed by atoms with Crippen LogP contribution in [0.4, 0.5) is 0 Å². The van der Waals surface area contributed by atoms with E-state index in [0.29, 0.717) is 0 Å². The van der Waals surface area contributed by atoms with Crippen LogP contribution >= 0.6 is 0 Å². The first-order valence-corrected chi connectivity index (χ1v) is 1.90. The number of hydrogen-bond donors (Lipinski definition) is 1. The van der Waals surface area contributed by atoms with Gasteiger partial charge in [-0.15, -0.1) is 0 Å². The summed E-state index contributed by atoms with van der Waals surface area (Å²) in [5.41, 5.74) is 0. The third kappa shape index (κ3) is 78.7. The Kier molecular flexibility index (Phi) is 5.17. The Morgan fingerprint density at radius 1 is 1.17 bits per heavy atom. The van der Waals surface area contributed by atoms with E-state index in [4.69, 9.17) is 18.6 Å². The maximum Gasteiger partial charge on any atom is 0.0777 e. The predicted molar refractivity (Wildman–Crippen MR) is 12.2 cm³/mol. The molecule has 6 heavy (non-hydrogen) atoms. The van der Waals surface area contributed by atoms with Crippen molar-refractivity contribution in [1.82, 2.24) is 0 Å².